The SMILES string of the molecule is COC(=O)C1=C(Nc2cccc(Br)c2Oc2c(F)cc(C(F)(F)F)cc2F)C(=O)N(CCO)C1. The first-order chi connectivity index (χ1) is 16.0. The van der Waals surface area contributed by atoms with E-state index in [2.05, 4.69) is 26.0 Å². The van der Waals surface area contributed by atoms with Crippen LogP contribution in [0.25, 0.3) is 0 Å². The number of alkyl halides is 3. The molecule has 0 spiro atoms. The minimum atomic E-state index is -4.97. The summed E-state index contributed by atoms with van der Waals surface area (Å²) in [5.41, 5.74) is -1.87. The summed E-state index contributed by atoms with van der Waals surface area (Å²) in [6.45, 7) is -0.611. The Labute approximate surface area is 197 Å². The molecule has 7 nitrogen and oxygen atoms in total. The van der Waals surface area contributed by atoms with Gasteiger partial charge in [-0.1, -0.05) is 6.07 Å². The Bertz CT molecular complexity index is 1150. The number of methoxy groups -OCH3 is 1. The Morgan fingerprint density at radius 2 is 1.85 bits per heavy atom. The van der Waals surface area contributed by atoms with Crippen molar-refractivity contribution in [1.82, 2.24) is 4.90 Å². The van der Waals surface area contributed by atoms with E-state index in [0.29, 0.717) is 0 Å². The molecule has 0 unspecified atom stereocenters. The third-order valence-corrected chi connectivity index (χ3v) is 5.33. The second kappa shape index (κ2) is 9.97. The van der Waals surface area contributed by atoms with Gasteiger partial charge < -0.3 is 24.8 Å². The van der Waals surface area contributed by atoms with Crippen molar-refractivity contribution in [2.75, 3.05) is 32.1 Å². The number of hydrogen-bond donors (Lipinski definition) is 2. The summed E-state index contributed by atoms with van der Waals surface area (Å²) in [4.78, 5) is 26.1. The largest absolute Gasteiger partial charge is 0.466 e. The van der Waals surface area contributed by atoms with Crippen molar-refractivity contribution in [2.45, 2.75) is 6.18 Å². The smallest absolute Gasteiger partial charge is 0.416 e. The molecule has 0 aliphatic carbocycles. The van der Waals surface area contributed by atoms with E-state index in [1.165, 1.54) is 23.1 Å². The first-order valence-corrected chi connectivity index (χ1v) is 10.3. The number of hydrogen-bond acceptors (Lipinski definition) is 6. The number of benzene rings is 2. The molecule has 2 aromatic carbocycles. The molecule has 2 N–H and O–H groups in total. The number of amides is 1. The first-order valence-electron chi connectivity index (χ1n) is 9.49. The van der Waals surface area contributed by atoms with Gasteiger partial charge in [-0.3, -0.25) is 4.79 Å². The lowest BCUT2D eigenvalue weighted by Crippen LogP contribution is -2.31. The molecular weight excluding hydrogens is 535 g/mol. The second-order valence-corrected chi connectivity index (χ2v) is 7.76. The molecule has 1 aliphatic heterocycles. The van der Waals surface area contributed by atoms with Gasteiger partial charge >= 0.3 is 12.1 Å². The van der Waals surface area contributed by atoms with E-state index < -0.39 is 41.0 Å². The van der Waals surface area contributed by atoms with Crippen molar-refractivity contribution in [1.29, 1.82) is 0 Å². The van der Waals surface area contributed by atoms with E-state index in [4.69, 9.17) is 9.84 Å². The summed E-state index contributed by atoms with van der Waals surface area (Å²) < 4.78 is 77.3. The average Bonchev–Trinajstić information content (AvgIpc) is 3.06. The standard InChI is InChI=1S/C21H16BrF5N2O5/c1-33-20(32)11-9-29(5-6-30)19(31)16(11)28-15-4-2-3-12(22)17(15)34-18-13(23)7-10(8-14(18)24)21(25,26)27/h2-4,7-8,28,30H,5-6,9H2,1H3. The molecule has 1 aliphatic rings. The Hall–Kier alpha value is -3.19. The molecule has 0 fully saturated rings. The molecule has 1 heterocycles. The third kappa shape index (κ3) is 5.14. The molecule has 34 heavy (non-hydrogen) atoms. The number of para-hydroxylation sites is 1. The summed E-state index contributed by atoms with van der Waals surface area (Å²) in [5.74, 6) is -6.07. The number of carbonyl (C=O) groups is 2. The van der Waals surface area contributed by atoms with Crippen molar-refractivity contribution in [3.05, 3.63) is 63.3 Å². The van der Waals surface area contributed by atoms with Crippen molar-refractivity contribution < 1.29 is 46.1 Å². The molecule has 0 saturated carbocycles. The van der Waals surface area contributed by atoms with Crippen LogP contribution in [0.2, 0.25) is 0 Å². The Balaban J connectivity index is 2.02. The molecule has 0 atom stereocenters. The second-order valence-electron chi connectivity index (χ2n) is 6.91. The summed E-state index contributed by atoms with van der Waals surface area (Å²) in [6.07, 6.45) is -4.97. The van der Waals surface area contributed by atoms with Crippen LogP contribution < -0.4 is 10.1 Å². The van der Waals surface area contributed by atoms with Gasteiger partial charge in [0.15, 0.2) is 23.1 Å². The van der Waals surface area contributed by atoms with Crippen LogP contribution in [0.15, 0.2) is 46.1 Å². The lowest BCUT2D eigenvalue weighted by atomic mass is 10.2. The Morgan fingerprint density at radius 3 is 2.41 bits per heavy atom. The number of halogens is 6. The van der Waals surface area contributed by atoms with E-state index in [1.807, 2.05) is 0 Å². The molecule has 0 bridgehead atoms. The average molecular weight is 551 g/mol. The van der Waals surface area contributed by atoms with Crippen molar-refractivity contribution >= 4 is 33.5 Å². The van der Waals surface area contributed by atoms with E-state index in [0.717, 1.165) is 7.11 Å². The number of β-amino-alcohol motifs (C(OH)–C–C–N with tert-alkyl or cyclic N) is 1. The zero-order valence-corrected chi connectivity index (χ0v) is 18.9. The number of carbonyl (C=O) groups excluding carboxylic acids is 2. The third-order valence-electron chi connectivity index (χ3n) is 4.71. The van der Waals surface area contributed by atoms with Gasteiger partial charge in [-0.05, 0) is 40.2 Å². The first kappa shape index (κ1) is 25.4. The van der Waals surface area contributed by atoms with E-state index in [-0.39, 0.29) is 59.0 Å². The van der Waals surface area contributed by atoms with Crippen LogP contribution in [-0.2, 0) is 20.5 Å². The van der Waals surface area contributed by atoms with Crippen molar-refractivity contribution in [3.63, 3.8) is 0 Å². The van der Waals surface area contributed by atoms with Crippen LogP contribution in [0.1, 0.15) is 5.56 Å². The maximum Gasteiger partial charge on any atom is 0.416 e. The number of nitrogens with zero attached hydrogens (tertiary/aromatic N) is 1. The maximum atomic E-state index is 14.4. The van der Waals surface area contributed by atoms with Crippen molar-refractivity contribution in [2.24, 2.45) is 0 Å². The normalized spacial score (nSPS) is 14.0. The van der Waals surface area contributed by atoms with Crippen molar-refractivity contribution in [3.8, 4) is 11.5 Å². The summed E-state index contributed by atoms with van der Waals surface area (Å²) in [6, 6.07) is 4.43. The van der Waals surface area contributed by atoms with Gasteiger partial charge in [0.05, 0.1) is 41.6 Å². The minimum absolute atomic E-state index is 0.0383. The number of ether oxygens (including phenoxy) is 2. The number of nitrogens with one attached hydrogen (secondary N) is 1. The zero-order chi connectivity index (χ0) is 25.2. The maximum absolute atomic E-state index is 14.4. The predicted octanol–water partition coefficient (Wildman–Crippen LogP) is 4.21. The van der Waals surface area contributed by atoms with Crippen LogP contribution in [0.5, 0.6) is 11.5 Å². The molecule has 0 aromatic heterocycles. The molecule has 0 saturated heterocycles. The summed E-state index contributed by atoms with van der Waals surface area (Å²) >= 11 is 3.13. The highest BCUT2D eigenvalue weighted by atomic mass is 79.9. The quantitative estimate of drug-likeness (QED) is 0.396. The van der Waals surface area contributed by atoms with Gasteiger partial charge in [0, 0.05) is 6.54 Å². The monoisotopic (exact) mass is 550 g/mol. The fraction of sp³-hybridized carbons (Fsp3) is 0.238. The summed E-state index contributed by atoms with van der Waals surface area (Å²) in [5, 5.41) is 11.8. The van der Waals surface area contributed by atoms with Gasteiger partial charge in [-0.15, -0.1) is 0 Å². The molecule has 0 radical (unpaired) electrons. The van der Waals surface area contributed by atoms with Gasteiger partial charge in [-0.2, -0.15) is 13.2 Å². The van der Waals surface area contributed by atoms with Crippen LogP contribution in [-0.4, -0.2) is 48.7 Å². The minimum Gasteiger partial charge on any atom is -0.466 e. The highest BCUT2D eigenvalue weighted by molar-refractivity contribution is 9.10. The molecule has 2 aromatic rings. The molecule has 13 heteroatoms. The van der Waals surface area contributed by atoms with Crippen LogP contribution in [0.4, 0.5) is 27.6 Å². The number of rotatable bonds is 7. The van der Waals surface area contributed by atoms with E-state index in [9.17, 15) is 31.5 Å². The molecule has 3 rings (SSSR count). The topological polar surface area (TPSA) is 88.1 Å². The van der Waals surface area contributed by atoms with Crippen LogP contribution in [0.3, 0.4) is 0 Å². The van der Waals surface area contributed by atoms with Gasteiger partial charge in [0.25, 0.3) is 5.91 Å². The Kier molecular flexibility index (Phi) is 7.46. The number of anilines is 1. The van der Waals surface area contributed by atoms with Crippen LogP contribution in [0, 0.1) is 11.6 Å². The molecule has 1 amide bonds. The van der Waals surface area contributed by atoms with E-state index in [1.54, 1.807) is 0 Å². The Morgan fingerprint density at radius 1 is 1.21 bits per heavy atom. The van der Waals surface area contributed by atoms with Crippen LogP contribution >= 0.6 is 15.9 Å². The highest BCUT2D eigenvalue weighted by Gasteiger charge is 2.36. The fourth-order valence-corrected chi connectivity index (χ4v) is 3.56. The number of aliphatic hydroxyl groups excluding tert-OH is 1. The predicted molar refractivity (Wildman–Crippen MR) is 112 cm³/mol. The fourth-order valence-electron chi connectivity index (χ4n) is 3.12. The van der Waals surface area contributed by atoms with Gasteiger partial charge in [0.1, 0.15) is 5.70 Å². The highest BCUT2D eigenvalue weighted by Crippen LogP contribution is 2.41. The molecular formula is C21H16BrF5N2O5. The number of aliphatic hydroxyl groups is 1. The van der Waals surface area contributed by atoms with E-state index >= 15 is 0 Å². The number of esters is 1. The lowest BCUT2D eigenvalue weighted by Gasteiger charge is -2.18. The van der Waals surface area contributed by atoms with Gasteiger partial charge in [0.2, 0.25) is 0 Å². The van der Waals surface area contributed by atoms with Gasteiger partial charge in [-0.25, -0.2) is 13.6 Å². The lowest BCUT2D eigenvalue weighted by molar-refractivity contribution is -0.138. The zero-order valence-electron chi connectivity index (χ0n) is 17.3. The summed E-state index contributed by atoms with van der Waals surface area (Å²) in [7, 11) is 1.11. The molecule has 182 valence electrons.